The van der Waals surface area contributed by atoms with Gasteiger partial charge in [-0.3, -0.25) is 4.31 Å². The first-order valence-electron chi connectivity index (χ1n) is 12.1. The van der Waals surface area contributed by atoms with Crippen molar-refractivity contribution in [3.05, 3.63) is 87.3 Å². The lowest BCUT2D eigenvalue weighted by molar-refractivity contribution is 0.0600. The van der Waals surface area contributed by atoms with Crippen LogP contribution in [0.2, 0.25) is 10.0 Å². The Kier molecular flexibility index (Phi) is 8.67. The van der Waals surface area contributed by atoms with E-state index in [1.165, 1.54) is 38.4 Å². The van der Waals surface area contributed by atoms with E-state index in [-0.39, 0.29) is 28.9 Å². The van der Waals surface area contributed by atoms with Gasteiger partial charge in [-0.05, 0) is 55.3 Å². The predicted octanol–water partition coefficient (Wildman–Crippen LogP) is 5.59. The summed E-state index contributed by atoms with van der Waals surface area (Å²) in [6.45, 7) is 5.73. The Morgan fingerprint density at radius 1 is 1.05 bits per heavy atom. The number of sulfonamides is 1. The molecule has 4 rings (SSSR count). The number of pyridine rings is 1. The molecule has 0 radical (unpaired) electrons. The lowest BCUT2D eigenvalue weighted by atomic mass is 10.1. The van der Waals surface area contributed by atoms with Crippen LogP contribution in [0.4, 0.5) is 5.69 Å². The van der Waals surface area contributed by atoms with Crippen LogP contribution < -0.4 is 9.04 Å². The number of anilines is 1. The molecule has 0 fully saturated rings. The normalized spacial score (nSPS) is 11.5. The van der Waals surface area contributed by atoms with Gasteiger partial charge in [0.1, 0.15) is 18.0 Å². The lowest BCUT2D eigenvalue weighted by Gasteiger charge is -2.21. The number of benzene rings is 2. The average molecular weight is 605 g/mol. The van der Waals surface area contributed by atoms with Crippen LogP contribution in [-0.4, -0.2) is 48.5 Å². The highest BCUT2D eigenvalue weighted by Gasteiger charge is 2.25. The highest BCUT2D eigenvalue weighted by Crippen LogP contribution is 2.32. The number of nitrogens with zero attached hydrogens (tertiary/aromatic N) is 5. The first kappa shape index (κ1) is 29.3. The number of carbonyl (C=O) groups excluding carboxylic acids is 1. The van der Waals surface area contributed by atoms with E-state index < -0.39 is 16.0 Å². The van der Waals surface area contributed by atoms with Gasteiger partial charge in [0, 0.05) is 13.1 Å². The van der Waals surface area contributed by atoms with E-state index in [2.05, 4.69) is 20.0 Å². The fraction of sp³-hybridized carbons (Fsp3) is 0.259. The lowest BCUT2D eigenvalue weighted by Crippen LogP contribution is -2.27. The maximum absolute atomic E-state index is 13.2. The third-order valence-corrected chi connectivity index (χ3v) is 8.55. The number of ether oxygens (including phenoxy) is 2. The molecule has 10 nitrogen and oxygen atoms in total. The van der Waals surface area contributed by atoms with Crippen LogP contribution in [0.15, 0.2) is 59.5 Å². The van der Waals surface area contributed by atoms with Gasteiger partial charge in [-0.15, -0.1) is 5.10 Å². The van der Waals surface area contributed by atoms with E-state index in [0.717, 1.165) is 4.31 Å². The molecule has 0 atom stereocenters. The summed E-state index contributed by atoms with van der Waals surface area (Å²) in [5.74, 6) is -0.226. The van der Waals surface area contributed by atoms with E-state index >= 15 is 0 Å². The van der Waals surface area contributed by atoms with Crippen molar-refractivity contribution in [2.45, 2.75) is 38.2 Å². The Morgan fingerprint density at radius 3 is 2.27 bits per heavy atom. The number of carbonyl (C=O) groups is 1. The summed E-state index contributed by atoms with van der Waals surface area (Å²) >= 11 is 12.8. The molecular weight excluding hydrogens is 577 g/mol. The zero-order chi connectivity index (χ0) is 29.2. The fourth-order valence-electron chi connectivity index (χ4n) is 4.02. The van der Waals surface area contributed by atoms with Crippen LogP contribution in [0.25, 0.3) is 5.69 Å². The first-order chi connectivity index (χ1) is 18.9. The van der Waals surface area contributed by atoms with Gasteiger partial charge in [0.25, 0.3) is 10.0 Å². The van der Waals surface area contributed by atoms with Crippen LogP contribution in [0.1, 0.15) is 47.2 Å². The summed E-state index contributed by atoms with van der Waals surface area (Å²) in [5.41, 5.74) is 2.91. The number of hydrogen-bond donors (Lipinski definition) is 0. The zero-order valence-corrected chi connectivity index (χ0v) is 24.8. The summed E-state index contributed by atoms with van der Waals surface area (Å²) < 4.78 is 39.8. The molecule has 13 heteroatoms. The summed E-state index contributed by atoms with van der Waals surface area (Å²) in [6.07, 6.45) is 0. The molecule has 2 heterocycles. The van der Waals surface area contributed by atoms with Crippen molar-refractivity contribution >= 4 is 44.9 Å². The molecular formula is C27H27Cl2N5O5S. The first-order valence-corrected chi connectivity index (χ1v) is 14.3. The van der Waals surface area contributed by atoms with Crippen molar-refractivity contribution in [3.63, 3.8) is 0 Å². The highest BCUT2D eigenvalue weighted by atomic mass is 35.5. The minimum atomic E-state index is -3.93. The number of rotatable bonds is 9. The van der Waals surface area contributed by atoms with Crippen molar-refractivity contribution in [1.29, 1.82) is 0 Å². The number of aromatic nitrogens is 4. The zero-order valence-electron chi connectivity index (χ0n) is 22.4. The second kappa shape index (κ2) is 11.8. The Labute approximate surface area is 242 Å². The maximum atomic E-state index is 13.2. The molecule has 40 heavy (non-hydrogen) atoms. The third-order valence-electron chi connectivity index (χ3n) is 6.15. The van der Waals surface area contributed by atoms with Gasteiger partial charge in [0.05, 0.1) is 44.7 Å². The van der Waals surface area contributed by atoms with Gasteiger partial charge in [0.2, 0.25) is 5.88 Å². The largest absolute Gasteiger partial charge is 0.471 e. The second-order valence-corrected chi connectivity index (χ2v) is 11.9. The van der Waals surface area contributed by atoms with Gasteiger partial charge in [-0.2, -0.15) is 0 Å². The average Bonchev–Trinajstić information content (AvgIpc) is 3.35. The van der Waals surface area contributed by atoms with Crippen LogP contribution in [0, 0.1) is 6.92 Å². The van der Waals surface area contributed by atoms with E-state index in [1.54, 1.807) is 41.9 Å². The minimum absolute atomic E-state index is 0.0163. The molecule has 2 aromatic heterocycles. The molecule has 0 bridgehead atoms. The summed E-state index contributed by atoms with van der Waals surface area (Å²) in [7, 11) is -1.24. The SMILES string of the molecule is COC(=O)c1ccc(S(=O)(=O)N(C)c2ccc(OCc3c(C(C)C)nnn3-c3c(Cl)cccc3Cl)nc2C)cc1. The molecule has 0 N–H and O–H groups in total. The van der Waals surface area contributed by atoms with Gasteiger partial charge in [0.15, 0.2) is 0 Å². The van der Waals surface area contributed by atoms with Gasteiger partial charge >= 0.3 is 5.97 Å². The summed E-state index contributed by atoms with van der Waals surface area (Å²) in [4.78, 5) is 16.2. The summed E-state index contributed by atoms with van der Waals surface area (Å²) in [5, 5.41) is 9.41. The van der Waals surface area contributed by atoms with Gasteiger partial charge in [-0.1, -0.05) is 48.3 Å². The Hall–Kier alpha value is -3.67. The molecule has 0 spiro atoms. The van der Waals surface area contributed by atoms with Crippen LogP contribution >= 0.6 is 23.2 Å². The van der Waals surface area contributed by atoms with Crippen molar-refractivity contribution in [2.75, 3.05) is 18.5 Å². The van der Waals surface area contributed by atoms with E-state index in [9.17, 15) is 13.2 Å². The minimum Gasteiger partial charge on any atom is -0.471 e. The Bertz CT molecular complexity index is 1640. The van der Waals surface area contributed by atoms with Gasteiger partial charge < -0.3 is 9.47 Å². The number of halogens is 2. The second-order valence-electron chi connectivity index (χ2n) is 9.09. The number of hydrogen-bond acceptors (Lipinski definition) is 8. The topological polar surface area (TPSA) is 117 Å². The van der Waals surface area contributed by atoms with Crippen LogP contribution in [0.3, 0.4) is 0 Å². The monoisotopic (exact) mass is 603 g/mol. The Balaban J connectivity index is 1.58. The molecule has 4 aromatic rings. The quantitative estimate of drug-likeness (QED) is 0.227. The van der Waals surface area contributed by atoms with Crippen molar-refractivity contribution in [1.82, 2.24) is 20.0 Å². The standard InChI is InChI=1S/C27H27Cl2N5O5S/c1-16(2)25-23(34(32-31-25)26-20(28)7-6-8-21(26)29)15-39-24-14-13-22(17(3)30-24)33(4)40(36,37)19-11-9-18(10-12-19)27(35)38-5/h6-14,16H,15H2,1-5H3. The number of methoxy groups -OCH3 is 1. The Morgan fingerprint density at radius 2 is 1.70 bits per heavy atom. The van der Waals surface area contributed by atoms with Crippen molar-refractivity contribution < 1.29 is 22.7 Å². The third kappa shape index (κ3) is 5.77. The summed E-state index contributed by atoms with van der Waals surface area (Å²) in [6, 6.07) is 13.9. The molecule has 0 unspecified atom stereocenters. The number of para-hydroxylation sites is 1. The van der Waals surface area contributed by atoms with Gasteiger partial charge in [-0.25, -0.2) is 22.9 Å². The van der Waals surface area contributed by atoms with E-state index in [0.29, 0.717) is 38.5 Å². The molecule has 0 aliphatic rings. The van der Waals surface area contributed by atoms with Crippen molar-refractivity contribution in [3.8, 4) is 11.6 Å². The molecule has 210 valence electrons. The van der Waals surface area contributed by atoms with Crippen molar-refractivity contribution in [2.24, 2.45) is 0 Å². The molecule has 0 saturated heterocycles. The number of aryl methyl sites for hydroxylation is 1. The van der Waals surface area contributed by atoms with Crippen LogP contribution in [-0.2, 0) is 21.4 Å². The molecule has 0 amide bonds. The fourth-order valence-corrected chi connectivity index (χ4v) is 5.83. The van der Waals surface area contributed by atoms with Crippen LogP contribution in [0.5, 0.6) is 5.88 Å². The number of esters is 1. The van der Waals surface area contributed by atoms with E-state index in [1.807, 2.05) is 13.8 Å². The smallest absolute Gasteiger partial charge is 0.337 e. The highest BCUT2D eigenvalue weighted by molar-refractivity contribution is 7.92. The maximum Gasteiger partial charge on any atom is 0.337 e. The van der Waals surface area contributed by atoms with E-state index in [4.69, 9.17) is 27.9 Å². The predicted molar refractivity (Wildman–Crippen MR) is 152 cm³/mol. The molecule has 2 aromatic carbocycles. The molecule has 0 aliphatic heterocycles. The molecule has 0 aliphatic carbocycles. The molecule has 0 saturated carbocycles.